The average Bonchev–Trinajstić information content (AvgIpc) is 3.23. The van der Waals surface area contributed by atoms with Gasteiger partial charge in [-0.1, -0.05) is 12.1 Å². The van der Waals surface area contributed by atoms with Crippen molar-refractivity contribution >= 4 is 35.0 Å². The third-order valence-electron chi connectivity index (χ3n) is 5.04. The van der Waals surface area contributed by atoms with E-state index in [2.05, 4.69) is 22.7 Å². The zero-order valence-corrected chi connectivity index (χ0v) is 23.4. The van der Waals surface area contributed by atoms with E-state index in [1.54, 1.807) is 6.07 Å². The number of anilines is 1. The fourth-order valence-corrected chi connectivity index (χ4v) is 6.43. The minimum Gasteiger partial charge on any atom is -0.508 e. The lowest BCUT2D eigenvalue weighted by molar-refractivity contribution is -0.386. The van der Waals surface area contributed by atoms with Gasteiger partial charge in [0.25, 0.3) is 5.69 Å². The lowest BCUT2D eigenvalue weighted by Gasteiger charge is -2.19. The maximum atomic E-state index is 12.4. The molecule has 0 amide bonds. The Labute approximate surface area is 229 Å². The van der Waals surface area contributed by atoms with Gasteiger partial charge in [0.2, 0.25) is 0 Å². The third kappa shape index (κ3) is 9.00. The number of ether oxygens (including phenoxy) is 2. The molecule has 226 valence electrons. The van der Waals surface area contributed by atoms with Crippen molar-refractivity contribution < 1.29 is 65.5 Å². The Morgan fingerprint density at radius 2 is 1.73 bits per heavy atom. The second kappa shape index (κ2) is 12.9. The van der Waals surface area contributed by atoms with Crippen LogP contribution in [0.25, 0.3) is 0 Å². The van der Waals surface area contributed by atoms with E-state index in [1.165, 1.54) is 24.4 Å². The first-order chi connectivity index (χ1) is 19.0. The molecule has 0 saturated heterocycles. The minimum absolute atomic E-state index is 0.158. The van der Waals surface area contributed by atoms with E-state index in [-0.39, 0.29) is 42.3 Å². The summed E-state index contributed by atoms with van der Waals surface area (Å²) in [6.45, 7) is -1.43. The fraction of sp³-hybridized carbons (Fsp3) is 0.333. The Morgan fingerprint density at radius 1 is 1.10 bits per heavy atom. The van der Waals surface area contributed by atoms with E-state index in [1.807, 2.05) is 0 Å². The van der Waals surface area contributed by atoms with Crippen molar-refractivity contribution in [2.24, 2.45) is 0 Å². The molecule has 3 rings (SSSR count). The Balaban J connectivity index is 1.64. The number of rotatable bonds is 14. The number of benzene rings is 1. The number of phosphoric ester groups is 2. The van der Waals surface area contributed by atoms with Gasteiger partial charge < -0.3 is 35.0 Å². The predicted molar refractivity (Wildman–Crippen MR) is 133 cm³/mol. The number of nitro benzene ring substituents is 1. The van der Waals surface area contributed by atoms with E-state index < -0.39 is 58.4 Å². The summed E-state index contributed by atoms with van der Waals surface area (Å²) in [6, 6.07) is 5.89. The van der Waals surface area contributed by atoms with Crippen LogP contribution < -0.4 is 11.4 Å². The van der Waals surface area contributed by atoms with E-state index in [4.69, 9.17) is 20.1 Å². The summed E-state index contributed by atoms with van der Waals surface area (Å²) < 4.78 is 62.8. The average molecular weight is 644 g/mol. The number of nitro groups is 1. The molecule has 6 N–H and O–H groups in total. The maximum absolute atomic E-state index is 12.4. The number of aliphatic hydroxyl groups is 1. The fourth-order valence-electron chi connectivity index (χ4n) is 3.22. The van der Waals surface area contributed by atoms with Crippen molar-refractivity contribution in [2.75, 3.05) is 19.5 Å². The number of phosphoric acid groups is 3. The summed E-state index contributed by atoms with van der Waals surface area (Å²) in [5.41, 5.74) is 5.19. The number of hydrogen-bond donors (Lipinski definition) is 5. The predicted octanol–water partition coefficient (Wildman–Crippen LogP) is 2.14. The van der Waals surface area contributed by atoms with Gasteiger partial charge in [-0.2, -0.15) is 13.6 Å². The van der Waals surface area contributed by atoms with Crippen LogP contribution in [-0.2, 0) is 54.1 Å². The quantitative estimate of drug-likeness (QED) is 0.112. The molecule has 3 unspecified atom stereocenters. The van der Waals surface area contributed by atoms with Crippen molar-refractivity contribution in [3.8, 4) is 0 Å². The van der Waals surface area contributed by atoms with Crippen LogP contribution in [0, 0.1) is 10.1 Å². The summed E-state index contributed by atoms with van der Waals surface area (Å²) in [4.78, 5) is 54.8. The molecule has 1 aliphatic heterocycles. The highest BCUT2D eigenvalue weighted by Crippen LogP contribution is 2.67. The van der Waals surface area contributed by atoms with Gasteiger partial charge in [0.1, 0.15) is 18.2 Å². The molecule has 2 aromatic rings. The molecule has 1 aromatic carbocycles. The van der Waals surface area contributed by atoms with Crippen molar-refractivity contribution in [1.29, 1.82) is 0 Å². The molecule has 23 heteroatoms. The molecule has 4 atom stereocenters. The number of aliphatic hydroxyl groups excluding tert-OH is 1. The van der Waals surface area contributed by atoms with Gasteiger partial charge in [-0.05, 0) is 6.07 Å². The van der Waals surface area contributed by atoms with Crippen LogP contribution in [0.5, 0.6) is 0 Å². The highest BCUT2D eigenvalue weighted by Gasteiger charge is 2.42. The SMILES string of the molecule is COP(=O)(O)OP(=O)(O)OP(=O)(O)OCC1=C(O)C[C@H](n2cc(COCc3ccccc3[N+](=O)[O-])c(N)nc2=O)O1. The van der Waals surface area contributed by atoms with Gasteiger partial charge >= 0.3 is 29.2 Å². The van der Waals surface area contributed by atoms with Crippen LogP contribution in [-0.4, -0.2) is 48.0 Å². The van der Waals surface area contributed by atoms with Crippen molar-refractivity contribution in [1.82, 2.24) is 9.55 Å². The standard InChI is InChI=1S/C18H23N4O16P3/c1-33-39(27,28)37-41(31,32)38-40(29,30)35-10-15-14(23)6-16(36-15)21-7-12(17(19)20-18(21)24)9-34-8-11-4-2-3-5-13(11)22(25)26/h2-5,7,16,23H,6,8-10H2,1H3,(H,27,28)(H,29,30)(H,31,32)(H2,19,20,24)/t16-/m1/s1. The summed E-state index contributed by atoms with van der Waals surface area (Å²) in [6.07, 6.45) is -0.411. The summed E-state index contributed by atoms with van der Waals surface area (Å²) >= 11 is 0. The van der Waals surface area contributed by atoms with Crippen molar-refractivity contribution in [3.63, 3.8) is 0 Å². The molecule has 41 heavy (non-hydrogen) atoms. The number of para-hydroxylation sites is 1. The first-order valence-corrected chi connectivity index (χ1v) is 15.4. The lowest BCUT2D eigenvalue weighted by Crippen LogP contribution is -2.29. The van der Waals surface area contributed by atoms with Gasteiger partial charge in [0, 0.05) is 24.9 Å². The minimum atomic E-state index is -5.65. The molecule has 20 nitrogen and oxygen atoms in total. The molecule has 0 spiro atoms. The van der Waals surface area contributed by atoms with Gasteiger partial charge in [-0.25, -0.2) is 18.5 Å². The highest BCUT2D eigenvalue weighted by molar-refractivity contribution is 7.66. The van der Waals surface area contributed by atoms with Gasteiger partial charge in [-0.3, -0.25) is 23.7 Å². The van der Waals surface area contributed by atoms with Gasteiger partial charge in [0.05, 0.1) is 30.1 Å². The van der Waals surface area contributed by atoms with Crippen LogP contribution in [0.15, 0.2) is 46.8 Å². The summed E-state index contributed by atoms with van der Waals surface area (Å²) in [5, 5.41) is 21.4. The number of nitrogens with zero attached hydrogens (tertiary/aromatic N) is 3. The Morgan fingerprint density at radius 3 is 2.39 bits per heavy atom. The second-order valence-electron chi connectivity index (χ2n) is 7.89. The molecule has 1 aliphatic rings. The Bertz CT molecular complexity index is 1540. The van der Waals surface area contributed by atoms with E-state index in [0.29, 0.717) is 7.11 Å². The molecule has 2 heterocycles. The van der Waals surface area contributed by atoms with E-state index in [0.717, 1.165) is 4.57 Å². The van der Waals surface area contributed by atoms with Gasteiger partial charge in [0.15, 0.2) is 12.0 Å². The Kier molecular flexibility index (Phi) is 10.2. The van der Waals surface area contributed by atoms with Crippen LogP contribution in [0.3, 0.4) is 0 Å². The number of nitrogens with two attached hydrogens (primary N) is 1. The van der Waals surface area contributed by atoms with Crippen LogP contribution in [0.2, 0.25) is 0 Å². The maximum Gasteiger partial charge on any atom is 0.490 e. The Hall–Kier alpha value is -2.99. The largest absolute Gasteiger partial charge is 0.508 e. The van der Waals surface area contributed by atoms with Crippen LogP contribution in [0.1, 0.15) is 23.8 Å². The lowest BCUT2D eigenvalue weighted by atomic mass is 10.2. The normalized spacial score (nSPS) is 19.7. The summed E-state index contributed by atoms with van der Waals surface area (Å²) in [7, 11) is -15.6. The molecule has 0 saturated carbocycles. The first kappa shape index (κ1) is 32.5. The van der Waals surface area contributed by atoms with Crippen LogP contribution in [0.4, 0.5) is 11.5 Å². The van der Waals surface area contributed by atoms with Crippen LogP contribution >= 0.6 is 23.5 Å². The highest BCUT2D eigenvalue weighted by atomic mass is 31.3. The molecule has 0 fully saturated rings. The topological polar surface area (TPSA) is 292 Å². The molecular weight excluding hydrogens is 621 g/mol. The second-order valence-corrected chi connectivity index (χ2v) is 12.6. The third-order valence-corrected chi connectivity index (χ3v) is 9.26. The molecule has 0 aliphatic carbocycles. The zero-order chi connectivity index (χ0) is 30.6. The monoisotopic (exact) mass is 644 g/mol. The van der Waals surface area contributed by atoms with E-state index >= 15 is 0 Å². The summed E-state index contributed by atoms with van der Waals surface area (Å²) in [5.74, 6) is -1.23. The first-order valence-electron chi connectivity index (χ1n) is 10.9. The van der Waals surface area contributed by atoms with Gasteiger partial charge in [-0.15, -0.1) is 0 Å². The smallest absolute Gasteiger partial charge is 0.490 e. The molecule has 1 aromatic heterocycles. The molecule has 0 bridgehead atoms. The zero-order valence-electron chi connectivity index (χ0n) is 20.7. The number of aromatic nitrogens is 2. The van der Waals surface area contributed by atoms with E-state index in [9.17, 15) is 43.5 Å². The van der Waals surface area contributed by atoms with Crippen molar-refractivity contribution in [2.45, 2.75) is 25.9 Å². The number of hydrogen-bond acceptors (Lipinski definition) is 15. The molecular formula is C18H23N4O16P3. The van der Waals surface area contributed by atoms with Crippen molar-refractivity contribution in [3.05, 3.63) is 73.7 Å². The number of nitrogen functional groups attached to an aromatic ring is 1. The molecule has 0 radical (unpaired) electrons.